The Morgan fingerprint density at radius 1 is 1.42 bits per heavy atom. The van der Waals surface area contributed by atoms with Crippen LogP contribution in [0.5, 0.6) is 5.75 Å². The van der Waals surface area contributed by atoms with Gasteiger partial charge in [0.2, 0.25) is 0 Å². The van der Waals surface area contributed by atoms with Crippen LogP contribution in [0, 0.1) is 11.2 Å². The van der Waals surface area contributed by atoms with Crippen LogP contribution in [-0.4, -0.2) is 25.4 Å². The van der Waals surface area contributed by atoms with Gasteiger partial charge in [0.15, 0.2) is 11.6 Å². The molecule has 0 bridgehead atoms. The maximum Gasteiger partial charge on any atom is 0.165 e. The molecule has 0 heterocycles. The molecule has 0 saturated carbocycles. The van der Waals surface area contributed by atoms with E-state index in [1.807, 2.05) is 13.0 Å². The molecule has 4 heteroatoms. The highest BCUT2D eigenvalue weighted by Gasteiger charge is 2.18. The number of benzene rings is 1. The standard InChI is InChI=1S/C15H24FNO2/c1-11(17-10-15(2,3)7-8-18)12-5-6-14(19-4)13(16)9-12/h5-6,9,11,17-18H,7-8,10H2,1-4H3. The third-order valence-corrected chi connectivity index (χ3v) is 3.35. The molecule has 1 aromatic rings. The molecule has 108 valence electrons. The Morgan fingerprint density at radius 2 is 2.11 bits per heavy atom. The Morgan fingerprint density at radius 3 is 2.63 bits per heavy atom. The Balaban J connectivity index is 2.63. The van der Waals surface area contributed by atoms with E-state index in [-0.39, 0.29) is 29.6 Å². The zero-order valence-corrected chi connectivity index (χ0v) is 12.2. The highest BCUT2D eigenvalue weighted by molar-refractivity contribution is 5.30. The second-order valence-corrected chi connectivity index (χ2v) is 5.63. The van der Waals surface area contributed by atoms with Crippen LogP contribution < -0.4 is 10.1 Å². The smallest absolute Gasteiger partial charge is 0.165 e. The van der Waals surface area contributed by atoms with E-state index in [1.165, 1.54) is 13.2 Å². The molecule has 2 N–H and O–H groups in total. The molecular formula is C15H24FNO2. The fraction of sp³-hybridized carbons (Fsp3) is 0.600. The topological polar surface area (TPSA) is 41.5 Å². The Kier molecular flexibility index (Phi) is 5.76. The van der Waals surface area contributed by atoms with Crippen LogP contribution in [0.1, 0.15) is 38.8 Å². The Bertz CT molecular complexity index is 407. The first-order valence-electron chi connectivity index (χ1n) is 6.57. The van der Waals surface area contributed by atoms with Crippen molar-refractivity contribution < 1.29 is 14.2 Å². The van der Waals surface area contributed by atoms with Crippen LogP contribution in [0.3, 0.4) is 0 Å². The van der Waals surface area contributed by atoms with Gasteiger partial charge in [-0.1, -0.05) is 19.9 Å². The van der Waals surface area contributed by atoms with Gasteiger partial charge in [-0.25, -0.2) is 4.39 Å². The Labute approximate surface area is 114 Å². The fourth-order valence-corrected chi connectivity index (χ4v) is 1.89. The van der Waals surface area contributed by atoms with Crippen molar-refractivity contribution in [3.63, 3.8) is 0 Å². The summed E-state index contributed by atoms with van der Waals surface area (Å²) in [6.07, 6.45) is 0.740. The Hall–Kier alpha value is -1.13. The first-order chi connectivity index (χ1) is 8.89. The van der Waals surface area contributed by atoms with E-state index in [1.54, 1.807) is 6.07 Å². The molecular weight excluding hydrogens is 245 g/mol. The van der Waals surface area contributed by atoms with Gasteiger partial charge < -0.3 is 15.2 Å². The first kappa shape index (κ1) is 15.9. The van der Waals surface area contributed by atoms with Gasteiger partial charge in [-0.05, 0) is 36.5 Å². The van der Waals surface area contributed by atoms with Gasteiger partial charge >= 0.3 is 0 Å². The lowest BCUT2D eigenvalue weighted by atomic mass is 9.89. The van der Waals surface area contributed by atoms with Gasteiger partial charge in [0, 0.05) is 19.2 Å². The molecule has 0 fully saturated rings. The maximum absolute atomic E-state index is 13.6. The number of methoxy groups -OCH3 is 1. The number of nitrogens with one attached hydrogen (secondary N) is 1. The van der Waals surface area contributed by atoms with Crippen molar-refractivity contribution >= 4 is 0 Å². The molecule has 1 atom stereocenters. The van der Waals surface area contributed by atoms with Crippen molar-refractivity contribution in [2.45, 2.75) is 33.2 Å². The van der Waals surface area contributed by atoms with Gasteiger partial charge in [0.05, 0.1) is 7.11 Å². The molecule has 3 nitrogen and oxygen atoms in total. The molecule has 0 aliphatic carbocycles. The predicted molar refractivity (Wildman–Crippen MR) is 74.9 cm³/mol. The predicted octanol–water partition coefficient (Wildman–Crippen LogP) is 2.89. The normalized spacial score (nSPS) is 13.4. The zero-order chi connectivity index (χ0) is 14.5. The molecule has 0 radical (unpaired) electrons. The molecule has 0 amide bonds. The lowest BCUT2D eigenvalue weighted by molar-refractivity contribution is 0.203. The van der Waals surface area contributed by atoms with Gasteiger partial charge in [-0.2, -0.15) is 0 Å². The summed E-state index contributed by atoms with van der Waals surface area (Å²) in [6.45, 7) is 7.13. The summed E-state index contributed by atoms with van der Waals surface area (Å²) in [5.41, 5.74) is 0.909. The van der Waals surface area contributed by atoms with E-state index < -0.39 is 0 Å². The number of halogens is 1. The van der Waals surface area contributed by atoms with Gasteiger partial charge in [-0.3, -0.25) is 0 Å². The molecule has 19 heavy (non-hydrogen) atoms. The SMILES string of the molecule is COc1ccc(C(C)NCC(C)(C)CCO)cc1F. The monoisotopic (exact) mass is 269 g/mol. The molecule has 1 aromatic carbocycles. The summed E-state index contributed by atoms with van der Waals surface area (Å²) in [4.78, 5) is 0. The van der Waals surface area contributed by atoms with Crippen molar-refractivity contribution in [2.24, 2.45) is 5.41 Å². The minimum absolute atomic E-state index is 0.0219. The number of hydrogen-bond donors (Lipinski definition) is 2. The van der Waals surface area contributed by atoms with Crippen molar-refractivity contribution in [1.29, 1.82) is 0 Å². The summed E-state index contributed by atoms with van der Waals surface area (Å²) in [5, 5.41) is 12.4. The molecule has 0 aliphatic heterocycles. The average molecular weight is 269 g/mol. The van der Waals surface area contributed by atoms with Crippen LogP contribution in [-0.2, 0) is 0 Å². The highest BCUT2D eigenvalue weighted by Crippen LogP contribution is 2.23. The maximum atomic E-state index is 13.6. The molecule has 0 saturated heterocycles. The van der Waals surface area contributed by atoms with Gasteiger partial charge in [0.1, 0.15) is 0 Å². The number of rotatable bonds is 7. The van der Waals surface area contributed by atoms with E-state index in [9.17, 15) is 4.39 Å². The third-order valence-electron chi connectivity index (χ3n) is 3.35. The number of aliphatic hydroxyl groups excluding tert-OH is 1. The van der Waals surface area contributed by atoms with Crippen molar-refractivity contribution in [1.82, 2.24) is 5.32 Å². The lowest BCUT2D eigenvalue weighted by Crippen LogP contribution is -2.32. The second kappa shape index (κ2) is 6.87. The van der Waals surface area contributed by atoms with Crippen LogP contribution in [0.4, 0.5) is 4.39 Å². The third kappa shape index (κ3) is 4.80. The summed E-state index contributed by atoms with van der Waals surface area (Å²) in [6, 6.07) is 5.05. The van der Waals surface area contributed by atoms with Crippen LogP contribution >= 0.6 is 0 Å². The second-order valence-electron chi connectivity index (χ2n) is 5.63. The summed E-state index contributed by atoms with van der Waals surface area (Å²) in [5.74, 6) is -0.0835. The minimum Gasteiger partial charge on any atom is -0.494 e. The van der Waals surface area contributed by atoms with E-state index >= 15 is 0 Å². The fourth-order valence-electron chi connectivity index (χ4n) is 1.89. The van der Waals surface area contributed by atoms with E-state index in [0.717, 1.165) is 18.5 Å². The summed E-state index contributed by atoms with van der Waals surface area (Å²) >= 11 is 0. The van der Waals surface area contributed by atoms with E-state index in [0.29, 0.717) is 0 Å². The highest BCUT2D eigenvalue weighted by atomic mass is 19.1. The van der Waals surface area contributed by atoms with E-state index in [2.05, 4.69) is 19.2 Å². The van der Waals surface area contributed by atoms with Crippen molar-refractivity contribution in [3.8, 4) is 5.75 Å². The summed E-state index contributed by atoms with van der Waals surface area (Å²) < 4.78 is 18.5. The van der Waals surface area contributed by atoms with E-state index in [4.69, 9.17) is 9.84 Å². The van der Waals surface area contributed by atoms with Gasteiger partial charge in [0.25, 0.3) is 0 Å². The lowest BCUT2D eigenvalue weighted by Gasteiger charge is -2.26. The molecule has 1 rings (SSSR count). The number of ether oxygens (including phenoxy) is 1. The van der Waals surface area contributed by atoms with Crippen LogP contribution in [0.25, 0.3) is 0 Å². The largest absolute Gasteiger partial charge is 0.494 e. The zero-order valence-electron chi connectivity index (χ0n) is 12.2. The van der Waals surface area contributed by atoms with Crippen molar-refractivity contribution in [2.75, 3.05) is 20.3 Å². The summed E-state index contributed by atoms with van der Waals surface area (Å²) in [7, 11) is 1.46. The first-order valence-corrected chi connectivity index (χ1v) is 6.57. The quantitative estimate of drug-likeness (QED) is 0.799. The minimum atomic E-state index is -0.344. The van der Waals surface area contributed by atoms with Crippen molar-refractivity contribution in [3.05, 3.63) is 29.6 Å². The average Bonchev–Trinajstić information content (AvgIpc) is 2.36. The number of aliphatic hydroxyl groups is 1. The molecule has 0 aromatic heterocycles. The van der Waals surface area contributed by atoms with Crippen LogP contribution in [0.2, 0.25) is 0 Å². The molecule has 0 spiro atoms. The molecule has 1 unspecified atom stereocenters. The molecule has 0 aliphatic rings. The van der Waals surface area contributed by atoms with Gasteiger partial charge in [-0.15, -0.1) is 0 Å². The van der Waals surface area contributed by atoms with Crippen LogP contribution in [0.15, 0.2) is 18.2 Å². The number of hydrogen-bond acceptors (Lipinski definition) is 3.